The molecule has 1 fully saturated rings. The zero-order valence-corrected chi connectivity index (χ0v) is 22.6. The average Bonchev–Trinajstić information content (AvgIpc) is 3.13. The standard InChI is InChI=1S/C30H28O11/c1-9-5-14-19(10(2)39-9)26(35)21-17(33)8-18-24(22(21)25(14)34)29(38)15-6-13(31)7-16(32)20(15)27(36)23-11(3)40-12(4)28(37)30(23,29)41-18/h6-12,23,28,31-33,37-38H,5H2,1-4H3/t9-,10-,11-,12-,23-,28-,29+,30?/m1/s1. The molecule has 214 valence electrons. The van der Waals surface area contributed by atoms with Crippen molar-refractivity contribution in [3.8, 4) is 23.0 Å². The van der Waals surface area contributed by atoms with Gasteiger partial charge in [0.2, 0.25) is 0 Å². The lowest BCUT2D eigenvalue weighted by Gasteiger charge is -2.57. The number of ether oxygens (including phenoxy) is 3. The van der Waals surface area contributed by atoms with Crippen LogP contribution in [-0.4, -0.2) is 79.0 Å². The topological polar surface area (TPSA) is 180 Å². The lowest BCUT2D eigenvalue weighted by molar-refractivity contribution is -0.263. The van der Waals surface area contributed by atoms with Crippen LogP contribution in [0.1, 0.15) is 76.3 Å². The number of phenols is 3. The van der Waals surface area contributed by atoms with E-state index >= 15 is 0 Å². The minimum absolute atomic E-state index is 0.0996. The number of phenolic OH excluding ortho intramolecular Hbond substituents is 3. The van der Waals surface area contributed by atoms with Gasteiger partial charge in [0.25, 0.3) is 0 Å². The summed E-state index contributed by atoms with van der Waals surface area (Å²) in [5.41, 5.74) is -6.09. The Labute approximate surface area is 233 Å². The third-order valence-electron chi connectivity index (χ3n) is 9.37. The number of aromatic hydroxyl groups is 3. The fourth-order valence-electron chi connectivity index (χ4n) is 7.92. The first kappa shape index (κ1) is 26.1. The van der Waals surface area contributed by atoms with E-state index < -0.39 is 82.2 Å². The highest BCUT2D eigenvalue weighted by Gasteiger charge is 2.77. The first-order chi connectivity index (χ1) is 19.2. The van der Waals surface area contributed by atoms with E-state index in [0.717, 1.165) is 18.2 Å². The van der Waals surface area contributed by atoms with E-state index in [0.29, 0.717) is 0 Å². The van der Waals surface area contributed by atoms with Crippen molar-refractivity contribution in [1.29, 1.82) is 0 Å². The molecule has 1 spiro atoms. The summed E-state index contributed by atoms with van der Waals surface area (Å²) >= 11 is 0. The number of rotatable bonds is 0. The highest BCUT2D eigenvalue weighted by Crippen LogP contribution is 2.65. The minimum atomic E-state index is -2.56. The molecule has 0 aromatic heterocycles. The molecule has 11 heteroatoms. The van der Waals surface area contributed by atoms with Crippen LogP contribution in [-0.2, 0) is 15.1 Å². The number of aliphatic hydroxyl groups is 2. The number of ketones is 3. The predicted molar refractivity (Wildman–Crippen MR) is 138 cm³/mol. The summed E-state index contributed by atoms with van der Waals surface area (Å²) in [6, 6.07) is 3.09. The van der Waals surface area contributed by atoms with E-state index in [2.05, 4.69) is 0 Å². The number of carbonyl (C=O) groups excluding carboxylic acids is 3. The highest BCUT2D eigenvalue weighted by molar-refractivity contribution is 6.29. The fraction of sp³-hybridized carbons (Fsp3) is 0.433. The molecule has 0 amide bonds. The van der Waals surface area contributed by atoms with Gasteiger partial charge in [-0.15, -0.1) is 0 Å². The molecule has 0 saturated carbocycles. The summed E-state index contributed by atoms with van der Waals surface area (Å²) in [7, 11) is 0. The maximum Gasteiger partial charge on any atom is 0.196 e. The molecule has 7 rings (SSSR count). The second-order valence-corrected chi connectivity index (χ2v) is 11.7. The summed E-state index contributed by atoms with van der Waals surface area (Å²) in [5.74, 6) is -5.36. The number of hydrogen-bond donors (Lipinski definition) is 5. The number of carbonyl (C=O) groups is 3. The van der Waals surface area contributed by atoms with Crippen molar-refractivity contribution in [2.75, 3.05) is 0 Å². The SMILES string of the molecule is C[C@@H]1CC2=C(C(=O)c3c(O)cc4c(c3C2=O)[C@@]2(O)c3cc(O)cc(O)c3C(=O)[C@H]3[C@@H](C)O[C@H](C)[C@@H](O)C32O4)[C@@H](C)O1. The number of benzene rings is 2. The molecule has 11 nitrogen and oxygen atoms in total. The summed E-state index contributed by atoms with van der Waals surface area (Å²) in [6.45, 7) is 6.48. The van der Waals surface area contributed by atoms with Crippen molar-refractivity contribution < 1.29 is 54.1 Å². The number of hydrogen-bond acceptors (Lipinski definition) is 11. The average molecular weight is 565 g/mol. The Balaban J connectivity index is 1.62. The van der Waals surface area contributed by atoms with Crippen LogP contribution in [0.15, 0.2) is 29.3 Å². The molecule has 3 heterocycles. The summed E-state index contributed by atoms with van der Waals surface area (Å²) in [4.78, 5) is 42.2. The molecular weight excluding hydrogens is 536 g/mol. The molecule has 41 heavy (non-hydrogen) atoms. The van der Waals surface area contributed by atoms with E-state index in [9.17, 15) is 39.9 Å². The lowest BCUT2D eigenvalue weighted by atomic mass is 9.55. The summed E-state index contributed by atoms with van der Waals surface area (Å²) in [5, 5.41) is 57.2. The van der Waals surface area contributed by atoms with Gasteiger partial charge in [-0.2, -0.15) is 0 Å². The molecule has 5 N–H and O–H groups in total. The summed E-state index contributed by atoms with van der Waals surface area (Å²) < 4.78 is 18.0. The van der Waals surface area contributed by atoms with Gasteiger partial charge < -0.3 is 39.7 Å². The van der Waals surface area contributed by atoms with Gasteiger partial charge in [-0.1, -0.05) is 0 Å². The maximum atomic E-state index is 14.3. The molecule has 8 atom stereocenters. The molecule has 5 aliphatic rings. The minimum Gasteiger partial charge on any atom is -0.508 e. The van der Waals surface area contributed by atoms with Gasteiger partial charge in [0.05, 0.1) is 41.5 Å². The molecule has 0 bridgehead atoms. The molecule has 2 aliphatic carbocycles. The Morgan fingerprint density at radius 2 is 1.54 bits per heavy atom. The third kappa shape index (κ3) is 2.84. The largest absolute Gasteiger partial charge is 0.508 e. The van der Waals surface area contributed by atoms with Crippen molar-refractivity contribution in [2.24, 2.45) is 5.92 Å². The van der Waals surface area contributed by atoms with Gasteiger partial charge >= 0.3 is 0 Å². The van der Waals surface area contributed by atoms with E-state index in [1.807, 2.05) is 0 Å². The van der Waals surface area contributed by atoms with Crippen molar-refractivity contribution in [3.05, 3.63) is 57.2 Å². The van der Waals surface area contributed by atoms with E-state index in [-0.39, 0.29) is 51.1 Å². The van der Waals surface area contributed by atoms with Crippen LogP contribution in [0.5, 0.6) is 23.0 Å². The zero-order valence-electron chi connectivity index (χ0n) is 22.6. The van der Waals surface area contributed by atoms with Crippen LogP contribution < -0.4 is 4.74 Å². The third-order valence-corrected chi connectivity index (χ3v) is 9.37. The van der Waals surface area contributed by atoms with E-state index in [4.69, 9.17) is 14.2 Å². The van der Waals surface area contributed by atoms with Gasteiger partial charge in [-0.3, -0.25) is 14.4 Å². The Morgan fingerprint density at radius 3 is 2.24 bits per heavy atom. The van der Waals surface area contributed by atoms with Crippen molar-refractivity contribution in [2.45, 2.75) is 75.8 Å². The smallest absolute Gasteiger partial charge is 0.196 e. The fourth-order valence-corrected chi connectivity index (χ4v) is 7.92. The van der Waals surface area contributed by atoms with Crippen LogP contribution in [0.3, 0.4) is 0 Å². The molecule has 3 aliphatic heterocycles. The second-order valence-electron chi connectivity index (χ2n) is 11.7. The number of Topliss-reactive ketones (excluding diaryl/α,β-unsaturated/α-hetero) is 3. The molecular formula is C30H28O11. The summed E-state index contributed by atoms with van der Waals surface area (Å²) in [6.07, 6.45) is -4.63. The van der Waals surface area contributed by atoms with Gasteiger partial charge in [0, 0.05) is 46.4 Å². The Morgan fingerprint density at radius 1 is 0.854 bits per heavy atom. The van der Waals surface area contributed by atoms with Crippen LogP contribution in [0.25, 0.3) is 0 Å². The van der Waals surface area contributed by atoms with Crippen LogP contribution in [0.2, 0.25) is 0 Å². The van der Waals surface area contributed by atoms with E-state index in [1.54, 1.807) is 20.8 Å². The Kier molecular flexibility index (Phi) is 5.07. The number of aliphatic hydroxyl groups excluding tert-OH is 1. The Hall–Kier alpha value is -3.77. The quantitative estimate of drug-likeness (QED) is 0.316. The number of fused-ring (bicyclic) bond motifs is 6. The first-order valence-electron chi connectivity index (χ1n) is 13.5. The lowest BCUT2D eigenvalue weighted by Crippen LogP contribution is -2.75. The van der Waals surface area contributed by atoms with Gasteiger partial charge in [0.15, 0.2) is 28.6 Å². The second kappa shape index (κ2) is 7.95. The molecule has 2 aromatic carbocycles. The Bertz CT molecular complexity index is 1660. The normalized spacial score (nSPS) is 37.0. The monoisotopic (exact) mass is 564 g/mol. The van der Waals surface area contributed by atoms with Crippen LogP contribution in [0.4, 0.5) is 0 Å². The van der Waals surface area contributed by atoms with Gasteiger partial charge in [-0.05, 0) is 33.8 Å². The predicted octanol–water partition coefficient (Wildman–Crippen LogP) is 2.02. The van der Waals surface area contributed by atoms with Crippen molar-refractivity contribution >= 4 is 17.3 Å². The maximum absolute atomic E-state index is 14.3. The van der Waals surface area contributed by atoms with Crippen molar-refractivity contribution in [3.63, 3.8) is 0 Å². The molecule has 1 unspecified atom stereocenters. The van der Waals surface area contributed by atoms with Crippen LogP contribution >= 0.6 is 0 Å². The molecule has 2 aromatic rings. The van der Waals surface area contributed by atoms with Crippen LogP contribution in [0, 0.1) is 5.92 Å². The first-order valence-corrected chi connectivity index (χ1v) is 13.5. The van der Waals surface area contributed by atoms with Crippen molar-refractivity contribution in [1.82, 2.24) is 0 Å². The zero-order chi connectivity index (χ0) is 29.5. The molecule has 0 radical (unpaired) electrons. The van der Waals surface area contributed by atoms with Gasteiger partial charge in [-0.25, -0.2) is 0 Å². The van der Waals surface area contributed by atoms with Gasteiger partial charge in [0.1, 0.15) is 29.1 Å². The highest BCUT2D eigenvalue weighted by atomic mass is 16.6. The molecule has 1 saturated heterocycles. The van der Waals surface area contributed by atoms with E-state index in [1.165, 1.54) is 6.92 Å².